The Balaban J connectivity index is 1.51. The number of hydrogen-bond acceptors (Lipinski definition) is 6. The number of nitrogens with one attached hydrogen (secondary N) is 1. The lowest BCUT2D eigenvalue weighted by atomic mass is 10.2. The minimum atomic E-state index is -0.200. The first-order valence-corrected chi connectivity index (χ1v) is 11.2. The molecule has 0 atom stereocenters. The summed E-state index contributed by atoms with van der Waals surface area (Å²) in [7, 11) is 3.19. The number of thioether (sulfide) groups is 1. The van der Waals surface area contributed by atoms with Crippen molar-refractivity contribution in [3.8, 4) is 17.2 Å². The van der Waals surface area contributed by atoms with Gasteiger partial charge in [-0.1, -0.05) is 42.5 Å². The maximum atomic E-state index is 12.5. The highest BCUT2D eigenvalue weighted by Gasteiger charge is 2.24. The van der Waals surface area contributed by atoms with E-state index in [0.29, 0.717) is 39.6 Å². The lowest BCUT2D eigenvalue weighted by Crippen LogP contribution is -2.19. The number of carbonyl (C=O) groups is 1. The Kier molecular flexibility index (Phi) is 7.00. The summed E-state index contributed by atoms with van der Waals surface area (Å²) in [6, 6.07) is 21.2. The number of nitrogens with zero attached hydrogens (tertiary/aromatic N) is 1. The molecule has 0 unspecified atom stereocenters. The van der Waals surface area contributed by atoms with Crippen molar-refractivity contribution in [3.63, 3.8) is 0 Å². The van der Waals surface area contributed by atoms with Crippen molar-refractivity contribution >= 4 is 34.6 Å². The van der Waals surface area contributed by atoms with E-state index in [0.717, 1.165) is 16.7 Å². The van der Waals surface area contributed by atoms with Gasteiger partial charge >= 0.3 is 0 Å². The second-order valence-corrected chi connectivity index (χ2v) is 8.37. The van der Waals surface area contributed by atoms with Gasteiger partial charge in [0.05, 0.1) is 19.1 Å². The van der Waals surface area contributed by atoms with Gasteiger partial charge < -0.3 is 19.5 Å². The average molecular weight is 461 g/mol. The maximum absolute atomic E-state index is 12.5. The van der Waals surface area contributed by atoms with E-state index in [4.69, 9.17) is 14.2 Å². The van der Waals surface area contributed by atoms with Gasteiger partial charge in [-0.25, -0.2) is 4.99 Å². The SMILES string of the molecule is COc1ccc(C)cc1N=C1NC(=O)/C(=C/c2ccc(OCc3ccccc3)c(OC)c2)S1. The lowest BCUT2D eigenvalue weighted by Gasteiger charge is -2.11. The van der Waals surface area contributed by atoms with Gasteiger partial charge in [-0.3, -0.25) is 4.79 Å². The fraction of sp³-hybridized carbons (Fsp3) is 0.154. The van der Waals surface area contributed by atoms with Crippen molar-refractivity contribution in [2.75, 3.05) is 14.2 Å². The number of rotatable bonds is 7. The standard InChI is InChI=1S/C26H24N2O4S/c1-17-9-11-21(30-2)20(13-17)27-26-28-25(29)24(33-26)15-19-10-12-22(23(14-19)31-3)32-16-18-7-5-4-6-8-18/h4-15H,16H2,1-3H3,(H,27,28,29)/b24-15-. The molecule has 0 radical (unpaired) electrons. The third-order valence-corrected chi connectivity index (χ3v) is 5.84. The highest BCUT2D eigenvalue weighted by atomic mass is 32.2. The number of amides is 1. The van der Waals surface area contributed by atoms with Crippen molar-refractivity contribution in [1.29, 1.82) is 0 Å². The Hall–Kier alpha value is -3.71. The van der Waals surface area contributed by atoms with E-state index < -0.39 is 0 Å². The molecule has 1 aliphatic rings. The van der Waals surface area contributed by atoms with Crippen molar-refractivity contribution in [1.82, 2.24) is 5.32 Å². The lowest BCUT2D eigenvalue weighted by molar-refractivity contribution is -0.115. The third-order valence-electron chi connectivity index (χ3n) is 4.93. The van der Waals surface area contributed by atoms with Crippen LogP contribution in [0.5, 0.6) is 17.2 Å². The third kappa shape index (κ3) is 5.56. The molecule has 0 saturated carbocycles. The van der Waals surface area contributed by atoms with Gasteiger partial charge in [0.1, 0.15) is 18.0 Å². The Bertz CT molecular complexity index is 1220. The van der Waals surface area contributed by atoms with Crippen LogP contribution in [0, 0.1) is 6.92 Å². The molecule has 0 aliphatic carbocycles. The van der Waals surface area contributed by atoms with Crippen LogP contribution in [0.4, 0.5) is 5.69 Å². The first-order valence-electron chi connectivity index (χ1n) is 10.3. The molecule has 1 saturated heterocycles. The quantitative estimate of drug-likeness (QED) is 0.473. The van der Waals surface area contributed by atoms with Crippen molar-refractivity contribution in [2.45, 2.75) is 13.5 Å². The number of carbonyl (C=O) groups excluding carboxylic acids is 1. The Morgan fingerprint density at radius 2 is 1.70 bits per heavy atom. The molecular formula is C26H24N2O4S. The number of methoxy groups -OCH3 is 2. The Morgan fingerprint density at radius 1 is 0.939 bits per heavy atom. The Labute approximate surface area is 197 Å². The number of aryl methyl sites for hydroxylation is 1. The highest BCUT2D eigenvalue weighted by molar-refractivity contribution is 8.18. The van der Waals surface area contributed by atoms with E-state index in [2.05, 4.69) is 10.3 Å². The average Bonchev–Trinajstić information content (AvgIpc) is 3.17. The van der Waals surface area contributed by atoms with Crippen LogP contribution in [0.3, 0.4) is 0 Å². The van der Waals surface area contributed by atoms with Crippen LogP contribution in [0.1, 0.15) is 16.7 Å². The molecule has 33 heavy (non-hydrogen) atoms. The van der Waals surface area contributed by atoms with Crippen molar-refractivity contribution in [2.24, 2.45) is 4.99 Å². The van der Waals surface area contributed by atoms with Crippen LogP contribution in [0.2, 0.25) is 0 Å². The second kappa shape index (κ2) is 10.3. The molecule has 168 valence electrons. The van der Waals surface area contributed by atoms with E-state index in [1.165, 1.54) is 11.8 Å². The van der Waals surface area contributed by atoms with E-state index in [1.54, 1.807) is 20.3 Å². The zero-order chi connectivity index (χ0) is 23.2. The molecule has 0 bridgehead atoms. The summed E-state index contributed by atoms with van der Waals surface area (Å²) in [5, 5.41) is 3.32. The fourth-order valence-electron chi connectivity index (χ4n) is 3.26. The normalized spacial score (nSPS) is 15.5. The van der Waals surface area contributed by atoms with Crippen LogP contribution in [-0.4, -0.2) is 25.3 Å². The van der Waals surface area contributed by atoms with E-state index in [9.17, 15) is 4.79 Å². The number of amidine groups is 1. The summed E-state index contributed by atoms with van der Waals surface area (Å²) in [5.41, 5.74) is 3.62. The monoisotopic (exact) mass is 460 g/mol. The van der Waals surface area contributed by atoms with Gasteiger partial charge in [0, 0.05) is 0 Å². The largest absolute Gasteiger partial charge is 0.494 e. The second-order valence-electron chi connectivity index (χ2n) is 7.34. The molecular weight excluding hydrogens is 436 g/mol. The van der Waals surface area contributed by atoms with Gasteiger partial charge in [0.2, 0.25) is 0 Å². The molecule has 1 amide bonds. The zero-order valence-corrected chi connectivity index (χ0v) is 19.4. The number of benzene rings is 3. The summed E-state index contributed by atoms with van der Waals surface area (Å²) < 4.78 is 16.8. The molecule has 1 N–H and O–H groups in total. The summed E-state index contributed by atoms with van der Waals surface area (Å²) in [6.07, 6.45) is 1.81. The van der Waals surface area contributed by atoms with Crippen molar-refractivity contribution < 1.29 is 19.0 Å². The van der Waals surface area contributed by atoms with Gasteiger partial charge in [-0.05, 0) is 65.7 Å². The summed E-state index contributed by atoms with van der Waals surface area (Å²) in [5.74, 6) is 1.69. The van der Waals surface area contributed by atoms with Gasteiger partial charge in [-0.2, -0.15) is 0 Å². The molecule has 3 aromatic rings. The van der Waals surface area contributed by atoms with Gasteiger partial charge in [0.15, 0.2) is 16.7 Å². The maximum Gasteiger partial charge on any atom is 0.264 e. The molecule has 1 heterocycles. The topological polar surface area (TPSA) is 69.2 Å². The van der Waals surface area contributed by atoms with Crippen LogP contribution in [0.15, 0.2) is 76.6 Å². The minimum Gasteiger partial charge on any atom is -0.494 e. The molecule has 4 rings (SSSR count). The highest BCUT2D eigenvalue weighted by Crippen LogP contribution is 2.34. The van der Waals surface area contributed by atoms with E-state index in [-0.39, 0.29) is 5.91 Å². The number of aliphatic imine (C=N–C) groups is 1. The smallest absolute Gasteiger partial charge is 0.264 e. The van der Waals surface area contributed by atoms with Gasteiger partial charge in [-0.15, -0.1) is 0 Å². The van der Waals surface area contributed by atoms with Crippen LogP contribution in [-0.2, 0) is 11.4 Å². The molecule has 7 heteroatoms. The summed E-state index contributed by atoms with van der Waals surface area (Å²) in [6.45, 7) is 2.42. The molecule has 1 aliphatic heterocycles. The zero-order valence-electron chi connectivity index (χ0n) is 18.6. The van der Waals surface area contributed by atoms with Crippen LogP contribution in [0.25, 0.3) is 6.08 Å². The fourth-order valence-corrected chi connectivity index (χ4v) is 4.09. The van der Waals surface area contributed by atoms with Gasteiger partial charge in [0.25, 0.3) is 5.91 Å². The van der Waals surface area contributed by atoms with E-state index >= 15 is 0 Å². The number of ether oxygens (including phenoxy) is 3. The summed E-state index contributed by atoms with van der Waals surface area (Å²) >= 11 is 1.28. The molecule has 0 aromatic heterocycles. The van der Waals surface area contributed by atoms with Crippen molar-refractivity contribution in [3.05, 3.63) is 88.3 Å². The first kappa shape index (κ1) is 22.5. The van der Waals surface area contributed by atoms with Crippen LogP contribution < -0.4 is 19.5 Å². The molecule has 3 aromatic carbocycles. The Morgan fingerprint density at radius 3 is 2.45 bits per heavy atom. The number of hydrogen-bond donors (Lipinski definition) is 1. The predicted molar refractivity (Wildman–Crippen MR) is 132 cm³/mol. The molecule has 1 fully saturated rings. The first-order chi connectivity index (χ1) is 16.1. The molecule has 0 spiro atoms. The summed E-state index contributed by atoms with van der Waals surface area (Å²) in [4.78, 5) is 17.6. The minimum absolute atomic E-state index is 0.200. The van der Waals surface area contributed by atoms with Crippen LogP contribution >= 0.6 is 11.8 Å². The van der Waals surface area contributed by atoms with E-state index in [1.807, 2.05) is 73.7 Å². The molecule has 6 nitrogen and oxygen atoms in total. The predicted octanol–water partition coefficient (Wildman–Crippen LogP) is 5.48.